The molecule has 3 rings (SSSR count). The molecule has 1 atom stereocenters. The summed E-state index contributed by atoms with van der Waals surface area (Å²) in [6.07, 6.45) is 4.78. The standard InChI is InChI=1S/C17H24N2O5S/c1-25(21,22)18-11-14-12-23-10-9-19(14)17(20)13-5-7-16(8-6-13)24-15-3-2-4-15/h5-8,14-15,18H,2-4,9-12H2,1H3. The number of nitrogens with zero attached hydrogens (tertiary/aromatic N) is 1. The van der Waals surface area contributed by atoms with Crippen LogP contribution < -0.4 is 9.46 Å². The quantitative estimate of drug-likeness (QED) is 0.810. The van der Waals surface area contributed by atoms with E-state index in [0.29, 0.717) is 31.4 Å². The molecule has 138 valence electrons. The fourth-order valence-corrected chi connectivity index (χ4v) is 3.36. The summed E-state index contributed by atoms with van der Waals surface area (Å²) < 4.78 is 36.3. The van der Waals surface area contributed by atoms with Gasteiger partial charge in [-0.15, -0.1) is 0 Å². The molecule has 2 fully saturated rings. The van der Waals surface area contributed by atoms with Gasteiger partial charge in [-0.3, -0.25) is 4.79 Å². The summed E-state index contributed by atoms with van der Waals surface area (Å²) in [5, 5.41) is 0. The maximum Gasteiger partial charge on any atom is 0.254 e. The van der Waals surface area contributed by atoms with Crippen LogP contribution in [0.1, 0.15) is 29.6 Å². The number of nitrogens with one attached hydrogen (secondary N) is 1. The van der Waals surface area contributed by atoms with Crippen LogP contribution >= 0.6 is 0 Å². The van der Waals surface area contributed by atoms with Crippen LogP contribution in [0.15, 0.2) is 24.3 Å². The molecular formula is C17H24N2O5S. The van der Waals surface area contributed by atoms with Gasteiger partial charge in [0, 0.05) is 18.7 Å². The van der Waals surface area contributed by atoms with E-state index in [1.54, 1.807) is 17.0 Å². The van der Waals surface area contributed by atoms with Crippen LogP contribution in [-0.2, 0) is 14.8 Å². The van der Waals surface area contributed by atoms with Crippen molar-refractivity contribution in [1.82, 2.24) is 9.62 Å². The summed E-state index contributed by atoms with van der Waals surface area (Å²) in [4.78, 5) is 14.5. The van der Waals surface area contributed by atoms with E-state index in [2.05, 4.69) is 4.72 Å². The molecule has 1 aromatic carbocycles. The molecule has 25 heavy (non-hydrogen) atoms. The zero-order valence-corrected chi connectivity index (χ0v) is 15.1. The van der Waals surface area contributed by atoms with Crippen molar-refractivity contribution in [3.05, 3.63) is 29.8 Å². The normalized spacial score (nSPS) is 21.6. The van der Waals surface area contributed by atoms with E-state index in [9.17, 15) is 13.2 Å². The predicted molar refractivity (Wildman–Crippen MR) is 93.2 cm³/mol. The molecule has 1 unspecified atom stereocenters. The maximum atomic E-state index is 12.8. The Kier molecular flexibility index (Phi) is 5.61. The van der Waals surface area contributed by atoms with E-state index in [0.717, 1.165) is 24.8 Å². The Morgan fingerprint density at radius 1 is 1.32 bits per heavy atom. The van der Waals surface area contributed by atoms with Gasteiger partial charge in [0.1, 0.15) is 5.75 Å². The molecule has 8 heteroatoms. The number of sulfonamides is 1. The summed E-state index contributed by atoms with van der Waals surface area (Å²) >= 11 is 0. The minimum atomic E-state index is -3.31. The average molecular weight is 368 g/mol. The minimum absolute atomic E-state index is 0.126. The zero-order chi connectivity index (χ0) is 17.9. The number of morpholine rings is 1. The number of hydrogen-bond donors (Lipinski definition) is 1. The molecule has 0 aromatic heterocycles. The third kappa shape index (κ3) is 4.93. The molecule has 1 amide bonds. The zero-order valence-electron chi connectivity index (χ0n) is 14.3. The van der Waals surface area contributed by atoms with Crippen LogP contribution in [0.2, 0.25) is 0 Å². The van der Waals surface area contributed by atoms with Gasteiger partial charge in [-0.25, -0.2) is 13.1 Å². The van der Waals surface area contributed by atoms with Crippen molar-refractivity contribution in [2.75, 3.05) is 32.6 Å². The van der Waals surface area contributed by atoms with Crippen molar-refractivity contribution in [2.45, 2.75) is 31.4 Å². The van der Waals surface area contributed by atoms with Gasteiger partial charge in [0.2, 0.25) is 10.0 Å². The van der Waals surface area contributed by atoms with E-state index in [4.69, 9.17) is 9.47 Å². The summed E-state index contributed by atoms with van der Waals surface area (Å²) in [6.45, 7) is 1.35. The van der Waals surface area contributed by atoms with Gasteiger partial charge in [0.25, 0.3) is 5.91 Å². The van der Waals surface area contributed by atoms with Gasteiger partial charge in [0.15, 0.2) is 0 Å². The van der Waals surface area contributed by atoms with Crippen molar-refractivity contribution >= 4 is 15.9 Å². The first-order valence-electron chi connectivity index (χ1n) is 8.52. The second-order valence-electron chi connectivity index (χ2n) is 6.54. The molecule has 1 saturated carbocycles. The number of carbonyl (C=O) groups excluding carboxylic acids is 1. The lowest BCUT2D eigenvalue weighted by Gasteiger charge is -2.35. The molecule has 1 aliphatic heterocycles. The van der Waals surface area contributed by atoms with Crippen LogP contribution in [0.25, 0.3) is 0 Å². The Bertz CT molecular complexity index is 700. The van der Waals surface area contributed by atoms with Crippen molar-refractivity contribution in [3.8, 4) is 5.75 Å². The van der Waals surface area contributed by atoms with Crippen molar-refractivity contribution in [3.63, 3.8) is 0 Å². The largest absolute Gasteiger partial charge is 0.490 e. The second-order valence-corrected chi connectivity index (χ2v) is 8.38. The molecule has 1 aliphatic carbocycles. The predicted octanol–water partition coefficient (Wildman–Crippen LogP) is 1.01. The first-order chi connectivity index (χ1) is 11.9. The fourth-order valence-electron chi connectivity index (χ4n) is 2.86. The summed E-state index contributed by atoms with van der Waals surface area (Å²) in [5.74, 6) is 0.650. The lowest BCUT2D eigenvalue weighted by molar-refractivity contribution is -0.000115. The third-order valence-electron chi connectivity index (χ3n) is 4.53. The monoisotopic (exact) mass is 368 g/mol. The first-order valence-corrected chi connectivity index (χ1v) is 10.4. The van der Waals surface area contributed by atoms with Crippen molar-refractivity contribution < 1.29 is 22.7 Å². The minimum Gasteiger partial charge on any atom is -0.490 e. The van der Waals surface area contributed by atoms with Gasteiger partial charge in [-0.1, -0.05) is 0 Å². The Labute approximate surface area is 148 Å². The highest BCUT2D eigenvalue weighted by molar-refractivity contribution is 7.88. The molecule has 7 nitrogen and oxygen atoms in total. The second kappa shape index (κ2) is 7.72. The molecule has 1 saturated heterocycles. The van der Waals surface area contributed by atoms with Gasteiger partial charge < -0.3 is 14.4 Å². The fraction of sp³-hybridized carbons (Fsp3) is 0.588. The van der Waals surface area contributed by atoms with Crippen LogP contribution in [0.3, 0.4) is 0 Å². The van der Waals surface area contributed by atoms with Crippen LogP contribution in [-0.4, -0.2) is 63.9 Å². The first kappa shape index (κ1) is 18.2. The van der Waals surface area contributed by atoms with E-state index >= 15 is 0 Å². The number of amides is 1. The maximum absolute atomic E-state index is 12.8. The van der Waals surface area contributed by atoms with Crippen molar-refractivity contribution in [2.24, 2.45) is 0 Å². The van der Waals surface area contributed by atoms with Crippen LogP contribution in [0.4, 0.5) is 0 Å². The third-order valence-corrected chi connectivity index (χ3v) is 5.22. The molecule has 2 aliphatic rings. The van der Waals surface area contributed by atoms with Crippen LogP contribution in [0.5, 0.6) is 5.75 Å². The lowest BCUT2D eigenvalue weighted by atomic mass is 9.96. The van der Waals surface area contributed by atoms with Gasteiger partial charge in [-0.05, 0) is 43.5 Å². The van der Waals surface area contributed by atoms with E-state index in [-0.39, 0.29) is 18.5 Å². The van der Waals surface area contributed by atoms with E-state index in [1.165, 1.54) is 6.42 Å². The van der Waals surface area contributed by atoms with E-state index in [1.807, 2.05) is 12.1 Å². The Balaban J connectivity index is 1.64. The molecule has 0 spiro atoms. The topological polar surface area (TPSA) is 84.9 Å². The summed E-state index contributed by atoms with van der Waals surface area (Å²) in [6, 6.07) is 6.83. The molecular weight excluding hydrogens is 344 g/mol. The summed E-state index contributed by atoms with van der Waals surface area (Å²) in [5.41, 5.74) is 0.562. The number of benzene rings is 1. The highest BCUT2D eigenvalue weighted by Gasteiger charge is 2.28. The van der Waals surface area contributed by atoms with Crippen LogP contribution in [0, 0.1) is 0 Å². The Hall–Kier alpha value is -1.64. The SMILES string of the molecule is CS(=O)(=O)NCC1COCCN1C(=O)c1ccc(OC2CCC2)cc1. The highest BCUT2D eigenvalue weighted by Crippen LogP contribution is 2.25. The lowest BCUT2D eigenvalue weighted by Crippen LogP contribution is -2.53. The molecule has 1 N–H and O–H groups in total. The number of ether oxygens (including phenoxy) is 2. The van der Waals surface area contributed by atoms with Gasteiger partial charge >= 0.3 is 0 Å². The van der Waals surface area contributed by atoms with Crippen molar-refractivity contribution in [1.29, 1.82) is 0 Å². The van der Waals surface area contributed by atoms with E-state index < -0.39 is 10.0 Å². The smallest absolute Gasteiger partial charge is 0.254 e. The number of rotatable bonds is 6. The van der Waals surface area contributed by atoms with Gasteiger partial charge in [0.05, 0.1) is 31.6 Å². The molecule has 1 heterocycles. The Morgan fingerprint density at radius 2 is 2.04 bits per heavy atom. The highest BCUT2D eigenvalue weighted by atomic mass is 32.2. The molecule has 0 radical (unpaired) electrons. The Morgan fingerprint density at radius 3 is 2.64 bits per heavy atom. The number of hydrogen-bond acceptors (Lipinski definition) is 5. The van der Waals surface area contributed by atoms with Gasteiger partial charge in [-0.2, -0.15) is 0 Å². The molecule has 0 bridgehead atoms. The summed E-state index contributed by atoms with van der Waals surface area (Å²) in [7, 11) is -3.31. The molecule has 1 aromatic rings. The number of carbonyl (C=O) groups is 1. The average Bonchev–Trinajstić information content (AvgIpc) is 2.56.